The van der Waals surface area contributed by atoms with Crippen LogP contribution in [0.3, 0.4) is 0 Å². The molecule has 156 valence electrons. The van der Waals surface area contributed by atoms with Crippen molar-refractivity contribution in [1.82, 2.24) is 0 Å². The maximum Gasteiger partial charge on any atom is 0.123 e. The fourth-order valence-electron chi connectivity index (χ4n) is 3.44. The van der Waals surface area contributed by atoms with Crippen LogP contribution in [0.5, 0.6) is 11.5 Å². The summed E-state index contributed by atoms with van der Waals surface area (Å²) >= 11 is 0. The van der Waals surface area contributed by atoms with E-state index in [2.05, 4.69) is 55.2 Å². The van der Waals surface area contributed by atoms with Crippen molar-refractivity contribution in [2.75, 3.05) is 14.2 Å². The summed E-state index contributed by atoms with van der Waals surface area (Å²) in [6.45, 7) is 4.91. The lowest BCUT2D eigenvalue weighted by molar-refractivity contribution is 0.301. The number of hydrogen-bond acceptors (Lipinski definition) is 3. The predicted octanol–water partition coefficient (Wildman–Crippen LogP) is 6.09. The van der Waals surface area contributed by atoms with Gasteiger partial charge >= 0.3 is 0 Å². The first-order chi connectivity index (χ1) is 14.6. The Hall–Kier alpha value is -2.64. The van der Waals surface area contributed by atoms with Gasteiger partial charge in [-0.25, -0.2) is 0 Å². The first-order valence-electron chi connectivity index (χ1n) is 10.3. The van der Waals surface area contributed by atoms with Gasteiger partial charge in [0.05, 0.1) is 7.11 Å². The number of rotatable bonds is 9. The molecule has 0 aliphatic heterocycles. The molecule has 0 heterocycles. The number of nitrogens with zero attached hydrogens (tertiary/aromatic N) is 1. The molecule has 0 spiro atoms. The molecule has 0 aliphatic rings. The van der Waals surface area contributed by atoms with E-state index in [0.717, 1.165) is 23.5 Å². The van der Waals surface area contributed by atoms with Crippen LogP contribution in [0, 0.1) is 6.92 Å². The first-order valence-corrected chi connectivity index (χ1v) is 11.4. The van der Waals surface area contributed by atoms with Gasteiger partial charge < -0.3 is 9.47 Å². The van der Waals surface area contributed by atoms with Crippen molar-refractivity contribution < 1.29 is 9.47 Å². The van der Waals surface area contributed by atoms with Crippen molar-refractivity contribution >= 4 is 20.1 Å². The number of ether oxygens (including phenoxy) is 2. The predicted molar refractivity (Wildman–Crippen MR) is 129 cm³/mol. The van der Waals surface area contributed by atoms with Gasteiger partial charge in [-0.1, -0.05) is 63.5 Å². The van der Waals surface area contributed by atoms with Crippen molar-refractivity contribution in [2.24, 2.45) is 4.99 Å². The summed E-state index contributed by atoms with van der Waals surface area (Å²) < 4.78 is 11.8. The molecule has 0 radical (unpaired) electrons. The molecule has 0 bridgehead atoms. The van der Waals surface area contributed by atoms with Gasteiger partial charge in [0.2, 0.25) is 0 Å². The molecule has 0 saturated heterocycles. The van der Waals surface area contributed by atoms with Crippen LogP contribution in [0.25, 0.3) is 0 Å². The smallest absolute Gasteiger partial charge is 0.123 e. The Morgan fingerprint density at radius 3 is 2.53 bits per heavy atom. The molecular formula is C26H30NO2P. The van der Waals surface area contributed by atoms with E-state index in [1.807, 2.05) is 43.6 Å². The van der Waals surface area contributed by atoms with Gasteiger partial charge in [0, 0.05) is 24.5 Å². The zero-order valence-corrected chi connectivity index (χ0v) is 19.2. The maximum atomic E-state index is 6.26. The molecule has 0 N–H and O–H groups in total. The lowest BCUT2D eigenvalue weighted by atomic mass is 10.1. The van der Waals surface area contributed by atoms with Crippen molar-refractivity contribution in [2.45, 2.75) is 32.5 Å². The largest absolute Gasteiger partial charge is 0.497 e. The van der Waals surface area contributed by atoms with Crippen LogP contribution in [0.1, 0.15) is 41.3 Å². The van der Waals surface area contributed by atoms with Crippen molar-refractivity contribution in [3.63, 3.8) is 0 Å². The number of benzene rings is 3. The standard InChI is InChI=1S/C26H30NO2P/c1-5-25(30-26-14-11-19(2)15-21(26)17-27-3)23-16-22(28-4)12-13-24(23)29-18-20-9-7-6-8-10-20/h6-17,25,30H,5,18H2,1-4H3. The lowest BCUT2D eigenvalue weighted by Crippen LogP contribution is -2.08. The minimum atomic E-state index is 0.345. The molecular weight excluding hydrogens is 389 g/mol. The van der Waals surface area contributed by atoms with E-state index in [0.29, 0.717) is 20.8 Å². The average molecular weight is 420 g/mol. The summed E-state index contributed by atoms with van der Waals surface area (Å²) in [7, 11) is 4.15. The van der Waals surface area contributed by atoms with E-state index < -0.39 is 0 Å². The summed E-state index contributed by atoms with van der Waals surface area (Å²) in [5.41, 5.74) is 5.15. The quantitative estimate of drug-likeness (QED) is 0.311. The van der Waals surface area contributed by atoms with Crippen molar-refractivity contribution in [1.29, 1.82) is 0 Å². The van der Waals surface area contributed by atoms with Gasteiger partial charge in [0.15, 0.2) is 0 Å². The SMILES string of the molecule is CCC(Pc1ccc(C)cc1C=NC)c1cc(OC)ccc1OCc1ccccc1. The summed E-state index contributed by atoms with van der Waals surface area (Å²) in [5, 5.41) is 1.33. The average Bonchev–Trinajstić information content (AvgIpc) is 2.78. The van der Waals surface area contributed by atoms with Gasteiger partial charge in [-0.15, -0.1) is 0 Å². The molecule has 2 unspecified atom stereocenters. The minimum absolute atomic E-state index is 0.345. The molecule has 2 atom stereocenters. The highest BCUT2D eigenvalue weighted by atomic mass is 31.1. The van der Waals surface area contributed by atoms with Crippen LogP contribution >= 0.6 is 8.58 Å². The molecule has 0 aliphatic carbocycles. The number of aryl methyl sites for hydroxylation is 1. The Morgan fingerprint density at radius 1 is 1.03 bits per heavy atom. The minimum Gasteiger partial charge on any atom is -0.497 e. The second-order valence-electron chi connectivity index (χ2n) is 7.26. The van der Waals surface area contributed by atoms with Gasteiger partial charge in [-0.05, 0) is 54.0 Å². The molecule has 30 heavy (non-hydrogen) atoms. The maximum absolute atomic E-state index is 6.26. The monoisotopic (exact) mass is 419 g/mol. The molecule has 3 aromatic carbocycles. The van der Waals surface area contributed by atoms with Crippen LogP contribution < -0.4 is 14.8 Å². The molecule has 0 aromatic heterocycles. The third kappa shape index (κ3) is 5.70. The summed E-state index contributed by atoms with van der Waals surface area (Å²) in [6.07, 6.45) is 2.98. The van der Waals surface area contributed by atoms with Crippen LogP contribution in [-0.2, 0) is 6.61 Å². The summed E-state index contributed by atoms with van der Waals surface area (Å²) in [5.74, 6) is 1.79. The van der Waals surface area contributed by atoms with Gasteiger partial charge in [0.25, 0.3) is 0 Å². The summed E-state index contributed by atoms with van der Waals surface area (Å²) in [6, 6.07) is 23.0. The van der Waals surface area contributed by atoms with E-state index in [1.165, 1.54) is 22.0 Å². The Labute approximate surface area is 182 Å². The van der Waals surface area contributed by atoms with E-state index >= 15 is 0 Å². The van der Waals surface area contributed by atoms with E-state index in [9.17, 15) is 0 Å². The van der Waals surface area contributed by atoms with E-state index in [4.69, 9.17) is 9.47 Å². The molecule has 4 heteroatoms. The van der Waals surface area contributed by atoms with Gasteiger partial charge in [-0.2, -0.15) is 0 Å². The highest BCUT2D eigenvalue weighted by Crippen LogP contribution is 2.43. The second kappa shape index (κ2) is 10.9. The fourth-order valence-corrected chi connectivity index (χ4v) is 4.88. The third-order valence-corrected chi connectivity index (χ3v) is 6.88. The Bertz CT molecular complexity index is 986. The van der Waals surface area contributed by atoms with Crippen LogP contribution in [0.2, 0.25) is 0 Å². The molecule has 0 amide bonds. The number of aliphatic imine (C=N–C) groups is 1. The molecule has 0 saturated carbocycles. The van der Waals surface area contributed by atoms with Crippen LogP contribution in [0.4, 0.5) is 0 Å². The molecule has 3 rings (SSSR count). The molecule has 3 nitrogen and oxygen atoms in total. The Kier molecular flexibility index (Phi) is 8.04. The lowest BCUT2D eigenvalue weighted by Gasteiger charge is -2.21. The zero-order chi connectivity index (χ0) is 21.3. The summed E-state index contributed by atoms with van der Waals surface area (Å²) in [4.78, 5) is 4.26. The van der Waals surface area contributed by atoms with Gasteiger partial charge in [0.1, 0.15) is 18.1 Å². The zero-order valence-electron chi connectivity index (χ0n) is 18.2. The Balaban J connectivity index is 1.91. The molecule has 3 aromatic rings. The Morgan fingerprint density at radius 2 is 1.83 bits per heavy atom. The van der Waals surface area contributed by atoms with Crippen LogP contribution in [-0.4, -0.2) is 20.4 Å². The highest BCUT2D eigenvalue weighted by molar-refractivity contribution is 7.47. The normalized spacial score (nSPS) is 12.5. The van der Waals surface area contributed by atoms with Crippen molar-refractivity contribution in [3.05, 3.63) is 89.0 Å². The number of methoxy groups -OCH3 is 1. The van der Waals surface area contributed by atoms with Crippen molar-refractivity contribution in [3.8, 4) is 11.5 Å². The highest BCUT2D eigenvalue weighted by Gasteiger charge is 2.18. The first kappa shape index (κ1) is 22.1. The fraction of sp³-hybridized carbons (Fsp3) is 0.269. The van der Waals surface area contributed by atoms with E-state index in [-0.39, 0.29) is 0 Å². The topological polar surface area (TPSA) is 30.8 Å². The molecule has 0 fully saturated rings. The van der Waals surface area contributed by atoms with Gasteiger partial charge in [-0.3, -0.25) is 4.99 Å². The second-order valence-corrected chi connectivity index (χ2v) is 8.79. The third-order valence-electron chi connectivity index (χ3n) is 5.04. The van der Waals surface area contributed by atoms with E-state index in [1.54, 1.807) is 7.11 Å². The number of hydrogen-bond donors (Lipinski definition) is 0. The van der Waals surface area contributed by atoms with Crippen LogP contribution in [0.15, 0.2) is 71.7 Å².